The van der Waals surface area contributed by atoms with Gasteiger partial charge >= 0.3 is 6.18 Å². The summed E-state index contributed by atoms with van der Waals surface area (Å²) in [7, 11) is 0. The standard InChI is InChI=1S/C19H19F3N6O2/c1-12-4-6-13(7-5-12)28-15(29)11-26-17(27-28)18(30)25-10-9-24-16-14(19(20,21)22)3-2-8-23-16/h2-8H,9-11H2,1H3,(H,23,24)(H,25,30)(H,26,27). The average molecular weight is 420 g/mol. The molecule has 8 nitrogen and oxygen atoms in total. The van der Waals surface area contributed by atoms with Crippen molar-refractivity contribution in [2.45, 2.75) is 13.1 Å². The average Bonchev–Trinajstić information content (AvgIpc) is 2.72. The minimum atomic E-state index is -4.54. The minimum Gasteiger partial charge on any atom is -0.368 e. The van der Waals surface area contributed by atoms with E-state index in [9.17, 15) is 22.8 Å². The highest BCUT2D eigenvalue weighted by molar-refractivity contribution is 6.39. The molecule has 2 aromatic rings. The molecule has 0 bridgehead atoms. The Bertz CT molecular complexity index is 959. The fourth-order valence-corrected chi connectivity index (χ4v) is 2.66. The van der Waals surface area contributed by atoms with Gasteiger partial charge in [0.05, 0.1) is 11.3 Å². The predicted octanol–water partition coefficient (Wildman–Crippen LogP) is 1.89. The van der Waals surface area contributed by atoms with E-state index in [0.717, 1.165) is 11.6 Å². The lowest BCUT2D eigenvalue weighted by molar-refractivity contribution is -0.137. The van der Waals surface area contributed by atoms with Crippen molar-refractivity contribution in [3.63, 3.8) is 0 Å². The lowest BCUT2D eigenvalue weighted by Gasteiger charge is -2.27. The number of halogens is 3. The first-order valence-corrected chi connectivity index (χ1v) is 9.01. The van der Waals surface area contributed by atoms with E-state index in [1.165, 1.54) is 17.3 Å². The van der Waals surface area contributed by atoms with Crippen LogP contribution in [0.5, 0.6) is 0 Å². The van der Waals surface area contributed by atoms with Crippen LogP contribution in [-0.2, 0) is 15.8 Å². The molecule has 1 aromatic carbocycles. The quantitative estimate of drug-likeness (QED) is 0.620. The summed E-state index contributed by atoms with van der Waals surface area (Å²) in [5.74, 6) is -1.29. The van der Waals surface area contributed by atoms with Crippen molar-refractivity contribution in [2.24, 2.45) is 4.99 Å². The van der Waals surface area contributed by atoms with Gasteiger partial charge in [-0.1, -0.05) is 17.7 Å². The summed E-state index contributed by atoms with van der Waals surface area (Å²) in [6.07, 6.45) is -3.29. The largest absolute Gasteiger partial charge is 0.419 e. The number of aryl methyl sites for hydroxylation is 1. The fourth-order valence-electron chi connectivity index (χ4n) is 2.66. The number of pyridine rings is 1. The number of benzene rings is 1. The molecule has 1 aromatic heterocycles. The highest BCUT2D eigenvalue weighted by Crippen LogP contribution is 2.33. The number of alkyl halides is 3. The molecule has 0 spiro atoms. The number of carbonyl (C=O) groups is 2. The summed E-state index contributed by atoms with van der Waals surface area (Å²) < 4.78 is 38.9. The van der Waals surface area contributed by atoms with Crippen LogP contribution in [-0.4, -0.2) is 42.3 Å². The van der Waals surface area contributed by atoms with Gasteiger partial charge in [-0.3, -0.25) is 20.0 Å². The number of anilines is 2. The van der Waals surface area contributed by atoms with Crippen molar-refractivity contribution >= 4 is 29.2 Å². The second kappa shape index (κ2) is 8.80. The van der Waals surface area contributed by atoms with Crippen molar-refractivity contribution < 1.29 is 22.8 Å². The maximum absolute atomic E-state index is 13.0. The fraction of sp³-hybridized carbons (Fsp3) is 0.263. The van der Waals surface area contributed by atoms with Crippen molar-refractivity contribution in [3.05, 3.63) is 53.7 Å². The van der Waals surface area contributed by atoms with Gasteiger partial charge in [0.15, 0.2) is 0 Å². The maximum atomic E-state index is 13.0. The third kappa shape index (κ3) is 5.04. The Morgan fingerprint density at radius 1 is 1.20 bits per heavy atom. The molecule has 30 heavy (non-hydrogen) atoms. The van der Waals surface area contributed by atoms with Crippen LogP contribution >= 0.6 is 0 Å². The van der Waals surface area contributed by atoms with Gasteiger partial charge < -0.3 is 10.6 Å². The number of nitrogens with one attached hydrogen (secondary N) is 3. The molecule has 3 rings (SSSR count). The monoisotopic (exact) mass is 420 g/mol. The van der Waals surface area contributed by atoms with Crippen LogP contribution in [0.25, 0.3) is 0 Å². The summed E-state index contributed by atoms with van der Waals surface area (Å²) in [5, 5.41) is 6.31. The van der Waals surface area contributed by atoms with Gasteiger partial charge in [-0.2, -0.15) is 13.2 Å². The van der Waals surface area contributed by atoms with Gasteiger partial charge in [0.2, 0.25) is 5.84 Å². The summed E-state index contributed by atoms with van der Waals surface area (Å²) in [5.41, 5.74) is 3.35. The molecule has 2 amide bonds. The molecule has 0 radical (unpaired) electrons. The number of amidine groups is 1. The van der Waals surface area contributed by atoms with Crippen LogP contribution in [0.4, 0.5) is 24.7 Å². The second-order valence-corrected chi connectivity index (χ2v) is 6.42. The van der Waals surface area contributed by atoms with E-state index in [1.54, 1.807) is 12.1 Å². The number of carbonyl (C=O) groups excluding carboxylic acids is 2. The van der Waals surface area contributed by atoms with Crippen molar-refractivity contribution in [1.29, 1.82) is 0 Å². The normalized spacial score (nSPS) is 14.1. The van der Waals surface area contributed by atoms with Crippen molar-refractivity contribution in [1.82, 2.24) is 15.7 Å². The van der Waals surface area contributed by atoms with Crippen LogP contribution < -0.4 is 21.1 Å². The third-order valence-electron chi connectivity index (χ3n) is 4.16. The summed E-state index contributed by atoms with van der Waals surface area (Å²) in [4.78, 5) is 32.0. The van der Waals surface area contributed by atoms with E-state index in [1.807, 2.05) is 19.1 Å². The highest BCUT2D eigenvalue weighted by Gasteiger charge is 2.34. The number of hydrazine groups is 1. The maximum Gasteiger partial charge on any atom is 0.419 e. The van der Waals surface area contributed by atoms with Crippen LogP contribution in [0, 0.1) is 6.92 Å². The molecule has 0 saturated carbocycles. The molecule has 1 aliphatic rings. The number of hydrogen-bond acceptors (Lipinski definition) is 6. The Morgan fingerprint density at radius 3 is 2.63 bits per heavy atom. The molecule has 0 unspecified atom stereocenters. The number of aliphatic imine (C=N–C) groups is 1. The Hall–Kier alpha value is -3.63. The first-order valence-electron chi connectivity index (χ1n) is 9.01. The SMILES string of the molecule is Cc1ccc(N2NC(C(=O)NCCNc3ncccc3C(F)(F)F)=NCC2=O)cc1. The van der Waals surface area contributed by atoms with Crippen LogP contribution in [0.2, 0.25) is 0 Å². The molecule has 11 heteroatoms. The molecule has 0 fully saturated rings. The van der Waals surface area contributed by atoms with Crippen LogP contribution in [0.15, 0.2) is 47.6 Å². The number of nitrogens with zero attached hydrogens (tertiary/aromatic N) is 3. The number of aromatic nitrogens is 1. The lowest BCUT2D eigenvalue weighted by Crippen LogP contribution is -2.56. The van der Waals surface area contributed by atoms with Gasteiger partial charge in [-0.25, -0.2) is 9.99 Å². The molecule has 2 heterocycles. The molecule has 0 saturated heterocycles. The van der Waals surface area contributed by atoms with Gasteiger partial charge in [-0.05, 0) is 31.2 Å². The summed E-state index contributed by atoms with van der Waals surface area (Å²) in [6.45, 7) is 1.74. The van der Waals surface area contributed by atoms with E-state index in [2.05, 4.69) is 26.0 Å². The van der Waals surface area contributed by atoms with Gasteiger partial charge in [0.25, 0.3) is 11.8 Å². The zero-order chi connectivity index (χ0) is 21.7. The number of amides is 2. The van der Waals surface area contributed by atoms with Gasteiger partial charge in [0.1, 0.15) is 12.4 Å². The summed E-state index contributed by atoms with van der Waals surface area (Å²) >= 11 is 0. The van der Waals surface area contributed by atoms with E-state index in [-0.39, 0.29) is 37.2 Å². The molecule has 158 valence electrons. The van der Waals surface area contributed by atoms with Crippen molar-refractivity contribution in [2.75, 3.05) is 30.0 Å². The third-order valence-corrected chi connectivity index (χ3v) is 4.16. The summed E-state index contributed by atoms with van der Waals surface area (Å²) in [6, 6.07) is 9.24. The number of rotatable bonds is 6. The molecule has 3 N–H and O–H groups in total. The van der Waals surface area contributed by atoms with E-state index < -0.39 is 17.6 Å². The topological polar surface area (TPSA) is 98.7 Å². The molecule has 1 aliphatic heterocycles. The van der Waals surface area contributed by atoms with Crippen LogP contribution in [0.3, 0.4) is 0 Å². The zero-order valence-electron chi connectivity index (χ0n) is 16.0. The lowest BCUT2D eigenvalue weighted by atomic mass is 10.2. The Balaban J connectivity index is 1.54. The Labute approximate surface area is 170 Å². The smallest absolute Gasteiger partial charge is 0.368 e. The highest BCUT2D eigenvalue weighted by atomic mass is 19.4. The Kier molecular flexibility index (Phi) is 6.19. The zero-order valence-corrected chi connectivity index (χ0v) is 16.0. The molecular weight excluding hydrogens is 401 g/mol. The van der Waals surface area contributed by atoms with Crippen molar-refractivity contribution in [3.8, 4) is 0 Å². The molecule has 0 atom stereocenters. The van der Waals surface area contributed by atoms with E-state index in [0.29, 0.717) is 5.69 Å². The first kappa shape index (κ1) is 21.1. The first-order chi connectivity index (χ1) is 14.3. The van der Waals surface area contributed by atoms with Gasteiger partial charge in [-0.15, -0.1) is 0 Å². The number of hydrogen-bond donors (Lipinski definition) is 3. The van der Waals surface area contributed by atoms with E-state index >= 15 is 0 Å². The Morgan fingerprint density at radius 2 is 1.93 bits per heavy atom. The van der Waals surface area contributed by atoms with Gasteiger partial charge in [0, 0.05) is 19.3 Å². The minimum absolute atomic E-state index is 0.0136. The van der Waals surface area contributed by atoms with E-state index in [4.69, 9.17) is 0 Å². The molecule has 0 aliphatic carbocycles. The predicted molar refractivity (Wildman–Crippen MR) is 105 cm³/mol. The van der Waals surface area contributed by atoms with Crippen LogP contribution in [0.1, 0.15) is 11.1 Å². The second-order valence-electron chi connectivity index (χ2n) is 6.42. The molecular formula is C19H19F3N6O2.